The van der Waals surface area contributed by atoms with Gasteiger partial charge in [0.15, 0.2) is 0 Å². The van der Waals surface area contributed by atoms with Crippen LogP contribution in [0.4, 0.5) is 0 Å². The molecule has 2 aliphatic carbocycles. The van der Waals surface area contributed by atoms with Crippen LogP contribution in [0.2, 0.25) is 0 Å². The molecule has 0 saturated heterocycles. The van der Waals surface area contributed by atoms with Gasteiger partial charge in [0, 0.05) is 19.0 Å². The Morgan fingerprint density at radius 3 is 2.27 bits per heavy atom. The number of amides is 1. The first-order valence-electron chi connectivity index (χ1n) is 6.21. The Kier molecular flexibility index (Phi) is 3.62. The van der Waals surface area contributed by atoms with E-state index in [-0.39, 0.29) is 12.5 Å². The lowest BCUT2D eigenvalue weighted by Gasteiger charge is -2.38. The molecule has 0 unspecified atom stereocenters. The number of hydrogen-bond donors (Lipinski definition) is 1. The van der Waals surface area contributed by atoms with E-state index in [0.717, 1.165) is 19.3 Å². The van der Waals surface area contributed by atoms with Crippen molar-refractivity contribution >= 4 is 5.91 Å². The molecule has 3 nitrogen and oxygen atoms in total. The van der Waals surface area contributed by atoms with Crippen LogP contribution in [0.3, 0.4) is 0 Å². The van der Waals surface area contributed by atoms with Crippen molar-refractivity contribution in [2.75, 3.05) is 13.2 Å². The smallest absolute Gasteiger partial charge is 0.223 e. The second-order valence-corrected chi connectivity index (χ2v) is 4.90. The largest absolute Gasteiger partial charge is 0.395 e. The van der Waals surface area contributed by atoms with Crippen molar-refractivity contribution in [2.24, 2.45) is 5.92 Å². The van der Waals surface area contributed by atoms with Gasteiger partial charge in [-0.15, -0.1) is 0 Å². The normalized spacial score (nSPS) is 21.9. The molecule has 86 valence electrons. The number of aliphatic hydroxyl groups excluding tert-OH is 1. The highest BCUT2D eigenvalue weighted by Gasteiger charge is 2.30. The minimum absolute atomic E-state index is 0.104. The molecule has 0 aromatic carbocycles. The third-order valence-corrected chi connectivity index (χ3v) is 3.86. The van der Waals surface area contributed by atoms with Gasteiger partial charge in [-0.3, -0.25) is 4.79 Å². The minimum atomic E-state index is 0.104. The van der Waals surface area contributed by atoms with Crippen LogP contribution in [0, 0.1) is 5.92 Å². The highest BCUT2D eigenvalue weighted by molar-refractivity contribution is 5.77. The first-order chi connectivity index (χ1) is 7.31. The molecule has 0 aliphatic heterocycles. The quantitative estimate of drug-likeness (QED) is 0.749. The molecule has 0 spiro atoms. The Morgan fingerprint density at radius 1 is 1.20 bits per heavy atom. The van der Waals surface area contributed by atoms with Gasteiger partial charge in [-0.1, -0.05) is 6.42 Å². The molecular formula is C12H21NO2. The van der Waals surface area contributed by atoms with Gasteiger partial charge in [-0.25, -0.2) is 0 Å². The summed E-state index contributed by atoms with van der Waals surface area (Å²) in [4.78, 5) is 13.9. The van der Waals surface area contributed by atoms with Crippen LogP contribution in [0.5, 0.6) is 0 Å². The summed E-state index contributed by atoms with van der Waals surface area (Å²) >= 11 is 0. The highest BCUT2D eigenvalue weighted by atomic mass is 16.3. The summed E-state index contributed by atoms with van der Waals surface area (Å²) in [6.45, 7) is 0.642. The van der Waals surface area contributed by atoms with Crippen LogP contribution in [-0.4, -0.2) is 35.1 Å². The van der Waals surface area contributed by atoms with Crippen molar-refractivity contribution in [3.05, 3.63) is 0 Å². The second kappa shape index (κ2) is 4.97. The van der Waals surface area contributed by atoms with E-state index < -0.39 is 0 Å². The summed E-state index contributed by atoms with van der Waals surface area (Å²) in [7, 11) is 0. The summed E-state index contributed by atoms with van der Waals surface area (Å²) < 4.78 is 0. The average Bonchev–Trinajstić information content (AvgIpc) is 2.07. The third-order valence-electron chi connectivity index (χ3n) is 3.86. The molecule has 1 amide bonds. The number of hydrogen-bond acceptors (Lipinski definition) is 2. The predicted octanol–water partition coefficient (Wildman–Crippen LogP) is 1.55. The number of nitrogens with zero attached hydrogens (tertiary/aromatic N) is 1. The fourth-order valence-electron chi connectivity index (χ4n) is 2.38. The van der Waals surface area contributed by atoms with E-state index >= 15 is 0 Å². The van der Waals surface area contributed by atoms with E-state index in [1.54, 1.807) is 0 Å². The van der Waals surface area contributed by atoms with Gasteiger partial charge in [0.25, 0.3) is 0 Å². The number of carbonyl (C=O) groups is 1. The van der Waals surface area contributed by atoms with Crippen molar-refractivity contribution in [3.8, 4) is 0 Å². The maximum atomic E-state index is 12.0. The summed E-state index contributed by atoms with van der Waals surface area (Å²) in [6, 6.07) is 0.435. The fourth-order valence-corrected chi connectivity index (χ4v) is 2.38. The Morgan fingerprint density at radius 2 is 1.87 bits per heavy atom. The first-order valence-corrected chi connectivity index (χ1v) is 6.21. The molecule has 2 saturated carbocycles. The molecule has 1 N–H and O–H groups in total. The van der Waals surface area contributed by atoms with Crippen molar-refractivity contribution in [3.63, 3.8) is 0 Å². The van der Waals surface area contributed by atoms with Crippen LogP contribution in [0.15, 0.2) is 0 Å². The zero-order chi connectivity index (χ0) is 10.7. The Balaban J connectivity index is 1.81. The van der Waals surface area contributed by atoms with Gasteiger partial charge in [0.2, 0.25) is 5.91 Å². The van der Waals surface area contributed by atoms with Crippen molar-refractivity contribution in [1.29, 1.82) is 0 Å². The molecule has 15 heavy (non-hydrogen) atoms. The molecule has 3 heteroatoms. The second-order valence-electron chi connectivity index (χ2n) is 4.90. The SMILES string of the molecule is O=C(CC1CCC1)N(CCO)C1CCC1. The first kappa shape index (κ1) is 10.9. The standard InChI is InChI=1S/C12H21NO2/c14-8-7-13(11-5-2-6-11)12(15)9-10-3-1-4-10/h10-11,14H,1-9H2. The summed E-state index contributed by atoms with van der Waals surface area (Å²) in [5.74, 6) is 0.914. The van der Waals surface area contributed by atoms with Crippen LogP contribution < -0.4 is 0 Å². The molecule has 0 aromatic rings. The zero-order valence-corrected chi connectivity index (χ0v) is 9.32. The van der Waals surface area contributed by atoms with Gasteiger partial charge in [-0.2, -0.15) is 0 Å². The Hall–Kier alpha value is -0.570. The molecule has 2 aliphatic rings. The number of aliphatic hydroxyl groups is 1. The minimum Gasteiger partial charge on any atom is -0.395 e. The summed E-state index contributed by atoms with van der Waals surface area (Å²) in [5, 5.41) is 8.97. The third kappa shape index (κ3) is 2.51. The zero-order valence-electron chi connectivity index (χ0n) is 9.32. The van der Waals surface area contributed by atoms with Crippen molar-refractivity contribution in [1.82, 2.24) is 4.90 Å². The van der Waals surface area contributed by atoms with E-state index in [4.69, 9.17) is 5.11 Å². The van der Waals surface area contributed by atoms with Gasteiger partial charge < -0.3 is 10.0 Å². The maximum Gasteiger partial charge on any atom is 0.223 e. The van der Waals surface area contributed by atoms with E-state index in [1.807, 2.05) is 4.90 Å². The molecule has 2 fully saturated rings. The summed E-state index contributed by atoms with van der Waals surface area (Å²) in [5.41, 5.74) is 0. The number of rotatable bonds is 5. The molecular weight excluding hydrogens is 190 g/mol. The molecule has 0 atom stereocenters. The lowest BCUT2D eigenvalue weighted by Crippen LogP contribution is -2.46. The van der Waals surface area contributed by atoms with Gasteiger partial charge in [-0.05, 0) is 38.0 Å². The van der Waals surface area contributed by atoms with Crippen LogP contribution in [0.1, 0.15) is 44.9 Å². The monoisotopic (exact) mass is 211 g/mol. The highest BCUT2D eigenvalue weighted by Crippen LogP contribution is 2.31. The molecule has 0 bridgehead atoms. The molecule has 0 radical (unpaired) electrons. The van der Waals surface area contributed by atoms with Crippen LogP contribution in [0.25, 0.3) is 0 Å². The lowest BCUT2D eigenvalue weighted by molar-refractivity contribution is -0.137. The van der Waals surface area contributed by atoms with Crippen molar-refractivity contribution < 1.29 is 9.90 Å². The van der Waals surface area contributed by atoms with E-state index in [2.05, 4.69) is 0 Å². The van der Waals surface area contributed by atoms with Crippen LogP contribution in [-0.2, 0) is 4.79 Å². The predicted molar refractivity (Wildman–Crippen MR) is 58.4 cm³/mol. The van der Waals surface area contributed by atoms with E-state index in [1.165, 1.54) is 25.7 Å². The van der Waals surface area contributed by atoms with Gasteiger partial charge >= 0.3 is 0 Å². The molecule has 2 rings (SSSR count). The lowest BCUT2D eigenvalue weighted by atomic mass is 9.82. The summed E-state index contributed by atoms with van der Waals surface area (Å²) in [6.07, 6.45) is 7.97. The fraction of sp³-hybridized carbons (Fsp3) is 0.917. The Labute approximate surface area is 91.5 Å². The molecule has 0 aromatic heterocycles. The van der Waals surface area contributed by atoms with Gasteiger partial charge in [0.05, 0.1) is 6.61 Å². The Bertz CT molecular complexity index is 222. The van der Waals surface area contributed by atoms with E-state index in [9.17, 15) is 4.79 Å². The maximum absolute atomic E-state index is 12.0. The topological polar surface area (TPSA) is 40.5 Å². The average molecular weight is 211 g/mol. The van der Waals surface area contributed by atoms with Crippen molar-refractivity contribution in [2.45, 2.75) is 51.0 Å². The molecule has 0 heterocycles. The number of carbonyl (C=O) groups excluding carboxylic acids is 1. The van der Waals surface area contributed by atoms with Crippen LogP contribution >= 0.6 is 0 Å². The van der Waals surface area contributed by atoms with Gasteiger partial charge in [0.1, 0.15) is 0 Å². The van der Waals surface area contributed by atoms with E-state index in [0.29, 0.717) is 18.5 Å².